The number of hydrogen-bond acceptors (Lipinski definition) is 1. The number of carbonyl (C=O) groups is 1. The summed E-state index contributed by atoms with van der Waals surface area (Å²) >= 11 is 0. The highest BCUT2D eigenvalue weighted by Gasteiger charge is 2.57. The third-order valence-corrected chi connectivity index (χ3v) is 10.2. The van der Waals surface area contributed by atoms with Crippen molar-refractivity contribution in [1.29, 1.82) is 0 Å². The number of fused-ring (bicyclic) bond motifs is 3. The first-order chi connectivity index (χ1) is 13.8. The molecule has 0 saturated heterocycles. The summed E-state index contributed by atoms with van der Waals surface area (Å²) < 4.78 is 0. The third-order valence-electron chi connectivity index (χ3n) is 10.2. The van der Waals surface area contributed by atoms with Gasteiger partial charge < -0.3 is 4.79 Å². The van der Waals surface area contributed by atoms with E-state index in [9.17, 15) is 4.79 Å². The molecule has 3 fully saturated rings. The fraction of sp³-hybridized carbons (Fsp3) is 0.964. The van der Waals surface area contributed by atoms with Crippen LogP contribution in [0.1, 0.15) is 131 Å². The molecule has 3 aliphatic carbocycles. The minimum Gasteiger partial charge on any atom is -0.300 e. The van der Waals surface area contributed by atoms with Crippen molar-refractivity contribution in [2.75, 3.05) is 0 Å². The summed E-state index contributed by atoms with van der Waals surface area (Å²) in [6, 6.07) is 0. The summed E-state index contributed by atoms with van der Waals surface area (Å²) in [5.41, 5.74) is 1.23. The van der Waals surface area contributed by atoms with E-state index in [1.165, 1.54) is 83.5 Å². The predicted molar refractivity (Wildman–Crippen MR) is 125 cm³/mol. The Hall–Kier alpha value is -0.330. The Bertz CT molecular complexity index is 538. The summed E-state index contributed by atoms with van der Waals surface area (Å²) in [7, 11) is 0. The lowest BCUT2D eigenvalue weighted by atomic mass is 9.48. The third kappa shape index (κ3) is 4.95. The fourth-order valence-corrected chi connectivity index (χ4v) is 8.59. The molecule has 0 aromatic carbocycles. The van der Waals surface area contributed by atoms with Gasteiger partial charge in [-0.25, -0.2) is 0 Å². The van der Waals surface area contributed by atoms with Crippen LogP contribution in [0.4, 0.5) is 0 Å². The van der Waals surface area contributed by atoms with Gasteiger partial charge in [-0.15, -0.1) is 0 Å². The van der Waals surface area contributed by atoms with Crippen molar-refractivity contribution in [2.24, 2.45) is 40.4 Å². The lowest BCUT2D eigenvalue weighted by Gasteiger charge is -2.57. The van der Waals surface area contributed by atoms with E-state index >= 15 is 0 Å². The van der Waals surface area contributed by atoms with E-state index in [-0.39, 0.29) is 0 Å². The molecule has 0 aliphatic heterocycles. The molecule has 0 amide bonds. The Kier molecular flexibility index (Phi) is 7.94. The van der Waals surface area contributed by atoms with Gasteiger partial charge in [0, 0.05) is 6.42 Å². The van der Waals surface area contributed by atoms with E-state index in [0.717, 1.165) is 42.4 Å². The smallest absolute Gasteiger partial charge is 0.129 e. The Morgan fingerprint density at radius 3 is 2.48 bits per heavy atom. The van der Waals surface area contributed by atoms with Crippen molar-refractivity contribution in [3.63, 3.8) is 0 Å². The highest BCUT2D eigenvalue weighted by atomic mass is 16.1. The Morgan fingerprint density at radius 1 is 0.966 bits per heavy atom. The maximum Gasteiger partial charge on any atom is 0.129 e. The summed E-state index contributed by atoms with van der Waals surface area (Å²) in [6.45, 7) is 12.0. The first-order valence-electron chi connectivity index (χ1n) is 13.3. The second-order valence-corrected chi connectivity index (χ2v) is 12.0. The van der Waals surface area contributed by atoms with Crippen molar-refractivity contribution in [1.82, 2.24) is 0 Å². The topological polar surface area (TPSA) is 17.1 Å². The van der Waals surface area contributed by atoms with Crippen LogP contribution in [-0.4, -0.2) is 5.78 Å². The van der Waals surface area contributed by atoms with Gasteiger partial charge in [0.2, 0.25) is 0 Å². The van der Waals surface area contributed by atoms with E-state index in [1.807, 2.05) is 0 Å². The van der Waals surface area contributed by atoms with Crippen molar-refractivity contribution in [2.45, 2.75) is 131 Å². The van der Waals surface area contributed by atoms with Crippen LogP contribution in [0.3, 0.4) is 0 Å². The molecule has 1 heteroatoms. The first kappa shape index (κ1) is 23.3. The summed E-state index contributed by atoms with van der Waals surface area (Å²) in [6.07, 6.45) is 20.7. The number of ketones is 1. The summed E-state index contributed by atoms with van der Waals surface area (Å²) in [5.74, 6) is 5.16. The second-order valence-electron chi connectivity index (χ2n) is 12.0. The van der Waals surface area contributed by atoms with Crippen LogP contribution >= 0.6 is 0 Å². The van der Waals surface area contributed by atoms with Gasteiger partial charge in [0.15, 0.2) is 0 Å². The highest BCUT2D eigenvalue weighted by molar-refractivity contribution is 5.75. The molecule has 3 rings (SSSR count). The van der Waals surface area contributed by atoms with E-state index in [1.54, 1.807) is 6.92 Å². The quantitative estimate of drug-likeness (QED) is 0.334. The molecule has 0 spiro atoms. The number of unbranched alkanes of at least 4 members (excludes halogenated alkanes) is 3. The Balaban J connectivity index is 1.63. The largest absolute Gasteiger partial charge is 0.300 e. The molecule has 0 aromatic heterocycles. The van der Waals surface area contributed by atoms with Crippen LogP contribution in [0.25, 0.3) is 0 Å². The van der Waals surface area contributed by atoms with Crippen LogP contribution in [0, 0.1) is 40.4 Å². The van der Waals surface area contributed by atoms with Crippen LogP contribution in [0.2, 0.25) is 0 Å². The molecule has 0 N–H and O–H groups in total. The van der Waals surface area contributed by atoms with Crippen molar-refractivity contribution in [3.05, 3.63) is 0 Å². The van der Waals surface area contributed by atoms with Gasteiger partial charge in [-0.1, -0.05) is 66.2 Å². The molecule has 1 nitrogen and oxygen atoms in total. The Labute approximate surface area is 182 Å². The maximum absolute atomic E-state index is 11.3. The van der Waals surface area contributed by atoms with Gasteiger partial charge in [0.05, 0.1) is 0 Å². The van der Waals surface area contributed by atoms with Crippen LogP contribution < -0.4 is 0 Å². The second kappa shape index (κ2) is 9.86. The molecular weight excluding hydrogens is 352 g/mol. The zero-order chi connectivity index (χ0) is 21.1. The highest BCUT2D eigenvalue weighted by Crippen LogP contribution is 2.66. The molecular formula is C28H50O. The zero-order valence-corrected chi connectivity index (χ0v) is 20.4. The van der Waals surface area contributed by atoms with Gasteiger partial charge in [-0.2, -0.15) is 0 Å². The average Bonchev–Trinajstić information content (AvgIpc) is 3.03. The number of carbonyl (C=O) groups excluding carboxylic acids is 1. The number of Topliss-reactive ketones (excluding diaryl/α,β-unsaturated/α-hetero) is 1. The van der Waals surface area contributed by atoms with Crippen LogP contribution in [0.15, 0.2) is 0 Å². The van der Waals surface area contributed by atoms with Gasteiger partial charge in [-0.05, 0) is 98.7 Å². The summed E-state index contributed by atoms with van der Waals surface area (Å²) in [4.78, 5) is 11.3. The molecule has 168 valence electrons. The van der Waals surface area contributed by atoms with Crippen LogP contribution in [-0.2, 0) is 4.79 Å². The predicted octanol–water partition coefficient (Wildman–Crippen LogP) is 8.60. The first-order valence-corrected chi connectivity index (χ1v) is 13.3. The number of hydrogen-bond donors (Lipinski definition) is 0. The SMILES string of the molecule is CCCCCC1(C)CCCC2C1CCC1(C)C(C(C)CCCCC(C)=O)CCC21. The molecule has 0 bridgehead atoms. The molecule has 29 heavy (non-hydrogen) atoms. The molecule has 7 atom stereocenters. The zero-order valence-electron chi connectivity index (χ0n) is 20.4. The fourth-order valence-electron chi connectivity index (χ4n) is 8.59. The Morgan fingerprint density at radius 2 is 1.76 bits per heavy atom. The van der Waals surface area contributed by atoms with Gasteiger partial charge in [-0.3, -0.25) is 0 Å². The minimum absolute atomic E-state index is 0.364. The molecule has 0 aromatic rings. The van der Waals surface area contributed by atoms with Gasteiger partial charge >= 0.3 is 0 Å². The van der Waals surface area contributed by atoms with Crippen molar-refractivity contribution < 1.29 is 4.79 Å². The molecule has 0 radical (unpaired) electrons. The van der Waals surface area contributed by atoms with Gasteiger partial charge in [0.1, 0.15) is 5.78 Å². The molecule has 3 aliphatic rings. The minimum atomic E-state index is 0.364. The lowest BCUT2D eigenvalue weighted by molar-refractivity contribution is -0.117. The van der Waals surface area contributed by atoms with Gasteiger partial charge in [0.25, 0.3) is 0 Å². The van der Waals surface area contributed by atoms with Crippen molar-refractivity contribution >= 4 is 5.78 Å². The maximum atomic E-state index is 11.3. The lowest BCUT2D eigenvalue weighted by Crippen LogP contribution is -2.49. The summed E-state index contributed by atoms with van der Waals surface area (Å²) in [5, 5.41) is 0. The van der Waals surface area contributed by atoms with E-state index < -0.39 is 0 Å². The standard InChI is InChI=1S/C28H50O/c1-6-7-10-18-27(4)19-11-14-23-25(27)17-20-28(5)24(15-16-26(23)28)21(2)12-8-9-13-22(3)29/h21,23-26H,6-20H2,1-5H3. The number of rotatable bonds is 10. The van der Waals surface area contributed by atoms with Crippen LogP contribution in [0.5, 0.6) is 0 Å². The molecule has 7 unspecified atom stereocenters. The van der Waals surface area contributed by atoms with Crippen molar-refractivity contribution in [3.8, 4) is 0 Å². The van der Waals surface area contributed by atoms with E-state index in [4.69, 9.17) is 0 Å². The normalized spacial score (nSPS) is 40.3. The van der Waals surface area contributed by atoms with E-state index in [2.05, 4.69) is 27.7 Å². The average molecular weight is 403 g/mol. The van der Waals surface area contributed by atoms with E-state index in [0.29, 0.717) is 16.6 Å². The monoisotopic (exact) mass is 402 g/mol. The molecule has 3 saturated carbocycles. The molecule has 0 heterocycles.